The Bertz CT molecular complexity index is 2730. The van der Waals surface area contributed by atoms with E-state index >= 15 is 0 Å². The molecule has 256 valence electrons. The number of rotatable bonds is 7. The van der Waals surface area contributed by atoms with Gasteiger partial charge in [-0.3, -0.25) is 4.79 Å². The third-order valence-corrected chi connectivity index (χ3v) is 10.8. The van der Waals surface area contributed by atoms with Crippen molar-refractivity contribution in [2.24, 2.45) is 5.41 Å². The molecule has 4 aromatic carbocycles. The van der Waals surface area contributed by atoms with Crippen molar-refractivity contribution in [3.63, 3.8) is 0 Å². The zero-order valence-corrected chi connectivity index (χ0v) is 29.7. The van der Waals surface area contributed by atoms with E-state index in [1.54, 1.807) is 11.8 Å². The van der Waals surface area contributed by atoms with E-state index in [0.717, 1.165) is 67.3 Å². The van der Waals surface area contributed by atoms with E-state index < -0.39 is 5.41 Å². The summed E-state index contributed by atoms with van der Waals surface area (Å²) in [4.78, 5) is 50.8. The first-order valence-electron chi connectivity index (χ1n) is 17.4. The third kappa shape index (κ3) is 5.57. The van der Waals surface area contributed by atoms with Crippen molar-refractivity contribution in [1.82, 2.24) is 39.9 Å². The Labute approximate surface area is 303 Å². The summed E-state index contributed by atoms with van der Waals surface area (Å²) in [6.07, 6.45) is 1.49. The monoisotopic (exact) mass is 702 g/mol. The smallest absolute Gasteiger partial charge is 0.311 e. The van der Waals surface area contributed by atoms with Gasteiger partial charge in [-0.1, -0.05) is 79.7 Å². The highest BCUT2D eigenvalue weighted by molar-refractivity contribution is 7.99. The summed E-state index contributed by atoms with van der Waals surface area (Å²) in [5, 5.41) is 3.69. The summed E-state index contributed by atoms with van der Waals surface area (Å²) >= 11 is 1.71. The number of aromatic nitrogens is 8. The largest absolute Gasteiger partial charge is 0.465 e. The molecule has 52 heavy (non-hydrogen) atoms. The van der Waals surface area contributed by atoms with E-state index in [1.165, 1.54) is 0 Å². The molecule has 0 aliphatic carbocycles. The second-order valence-electron chi connectivity index (χ2n) is 13.5. The van der Waals surface area contributed by atoms with Crippen molar-refractivity contribution < 1.29 is 9.53 Å². The van der Waals surface area contributed by atoms with Crippen LogP contribution < -0.4 is 0 Å². The van der Waals surface area contributed by atoms with Gasteiger partial charge < -0.3 is 14.7 Å². The maximum Gasteiger partial charge on any atom is 0.311 e. The van der Waals surface area contributed by atoms with Crippen molar-refractivity contribution in [2.75, 3.05) is 12.4 Å². The van der Waals surface area contributed by atoms with Crippen molar-refractivity contribution in [3.8, 4) is 45.6 Å². The lowest BCUT2D eigenvalue weighted by Crippen LogP contribution is -2.26. The Morgan fingerprint density at radius 2 is 1.06 bits per heavy atom. The molecule has 7 aromatic rings. The fraction of sp³-hybridized carbons (Fsp3) is 0.195. The normalized spacial score (nSPS) is 12.2. The summed E-state index contributed by atoms with van der Waals surface area (Å²) in [5.74, 6) is 2.91. The predicted octanol–water partition coefficient (Wildman–Crippen LogP) is 9.33. The van der Waals surface area contributed by atoms with E-state index in [0.29, 0.717) is 52.5 Å². The molecule has 10 nitrogen and oxygen atoms in total. The quantitative estimate of drug-likeness (QED) is 0.0946. The zero-order chi connectivity index (χ0) is 35.4. The highest BCUT2D eigenvalue weighted by Gasteiger charge is 2.27. The molecule has 0 unspecified atom stereocenters. The first-order chi connectivity index (χ1) is 25.4. The van der Waals surface area contributed by atoms with Crippen LogP contribution in [0.4, 0.5) is 0 Å². The van der Waals surface area contributed by atoms with Crippen LogP contribution in [-0.2, 0) is 9.53 Å². The average molecular weight is 703 g/mol. The number of thioether (sulfide) groups is 1. The van der Waals surface area contributed by atoms with Crippen molar-refractivity contribution in [2.45, 2.75) is 38.5 Å². The number of fused-ring (bicyclic) bond motifs is 20. The zero-order valence-electron chi connectivity index (χ0n) is 28.9. The molecule has 0 amide bonds. The van der Waals surface area contributed by atoms with Gasteiger partial charge in [0.1, 0.15) is 22.6 Å². The molecule has 0 atom stereocenters. The second kappa shape index (κ2) is 12.7. The molecule has 2 N–H and O–H groups in total. The van der Waals surface area contributed by atoms with Gasteiger partial charge in [0.25, 0.3) is 0 Å². The number of H-pyrrole nitrogens is 2. The second-order valence-corrected chi connectivity index (χ2v) is 14.7. The number of hydrogen-bond acceptors (Lipinski definition) is 9. The van der Waals surface area contributed by atoms with Crippen molar-refractivity contribution >= 4 is 61.9 Å². The summed E-state index contributed by atoms with van der Waals surface area (Å²) in [7, 11) is 0. The SMILES string of the molecule is CCC(C)(C)C(=O)OCCCSc1ccc2c3nc4nc(nc5[nH]c(nc6nc(nc([nH]3)c2c1)-c1ccccc1-6)c1ccccc51)-c1ccccc1-4. The topological polar surface area (TPSA) is 135 Å². The van der Waals surface area contributed by atoms with Crippen molar-refractivity contribution in [1.29, 1.82) is 0 Å². The minimum Gasteiger partial charge on any atom is -0.465 e. The number of carbonyl (C=O) groups is 1. The van der Waals surface area contributed by atoms with Crippen LogP contribution in [0.2, 0.25) is 0 Å². The number of esters is 1. The standard InChI is InChI=1S/C41H34N8O2S/c1-4-41(2,3)40(50)51-20-11-21-52-23-18-19-30-31(22-23)39-48-37-29-17-10-9-16-28(29)35(46-37)44-33-25-13-6-5-12-24(25)32(42-33)43-34-26-14-7-8-15-27(26)36(45-34)47-38(30)49-39/h5-10,12-19,22H,4,11,20-21H2,1-3H3,(H2,42,43,44,45,46,47,48,49). The van der Waals surface area contributed by atoms with E-state index in [2.05, 4.69) is 28.2 Å². The molecular formula is C41H34N8O2S. The molecule has 0 saturated heterocycles. The molecule has 3 aromatic heterocycles. The van der Waals surface area contributed by atoms with Gasteiger partial charge >= 0.3 is 5.97 Å². The molecule has 9 rings (SSSR count). The molecular weight excluding hydrogens is 669 g/mol. The number of nitrogens with one attached hydrogen (secondary N) is 2. The maximum absolute atomic E-state index is 12.4. The van der Waals surface area contributed by atoms with Gasteiger partial charge in [0, 0.05) is 54.4 Å². The molecule has 2 aliphatic heterocycles. The Morgan fingerprint density at radius 1 is 0.615 bits per heavy atom. The highest BCUT2D eigenvalue weighted by atomic mass is 32.2. The van der Waals surface area contributed by atoms with Crippen LogP contribution in [0.5, 0.6) is 0 Å². The minimum atomic E-state index is -0.470. The Kier molecular flexibility index (Phi) is 7.80. The first-order valence-corrected chi connectivity index (χ1v) is 18.4. The van der Waals surface area contributed by atoms with Crippen LogP contribution in [0.15, 0.2) is 95.9 Å². The number of ether oxygens (including phenoxy) is 1. The lowest BCUT2D eigenvalue weighted by atomic mass is 9.91. The molecule has 8 bridgehead atoms. The maximum atomic E-state index is 12.4. The van der Waals surface area contributed by atoms with Gasteiger partial charge in [-0.15, -0.1) is 11.8 Å². The fourth-order valence-electron chi connectivity index (χ4n) is 6.46. The van der Waals surface area contributed by atoms with Crippen LogP contribution in [0.1, 0.15) is 33.6 Å². The summed E-state index contributed by atoms with van der Waals surface area (Å²) in [6.45, 7) is 6.23. The Morgan fingerprint density at radius 3 is 1.54 bits per heavy atom. The number of nitrogens with zero attached hydrogens (tertiary/aromatic N) is 6. The summed E-state index contributed by atoms with van der Waals surface area (Å²) in [5.41, 5.74) is 5.74. The lowest BCUT2D eigenvalue weighted by molar-refractivity contribution is -0.154. The summed E-state index contributed by atoms with van der Waals surface area (Å²) < 4.78 is 5.56. The third-order valence-electron chi connectivity index (χ3n) is 9.75. The van der Waals surface area contributed by atoms with Gasteiger partial charge in [-0.2, -0.15) is 0 Å². The van der Waals surface area contributed by atoms with Gasteiger partial charge in [-0.05, 0) is 44.9 Å². The number of hydrogen-bond donors (Lipinski definition) is 2. The molecule has 5 heterocycles. The highest BCUT2D eigenvalue weighted by Crippen LogP contribution is 2.37. The molecule has 0 radical (unpaired) electrons. The molecule has 11 heteroatoms. The molecule has 0 fully saturated rings. The van der Waals surface area contributed by atoms with Gasteiger partial charge in [-0.25, -0.2) is 29.9 Å². The summed E-state index contributed by atoms with van der Waals surface area (Å²) in [6, 6.07) is 30.4. The van der Waals surface area contributed by atoms with Crippen LogP contribution in [0.25, 0.3) is 89.7 Å². The predicted molar refractivity (Wildman–Crippen MR) is 206 cm³/mol. The number of carbonyl (C=O) groups excluding carboxylic acids is 1. The van der Waals surface area contributed by atoms with Crippen LogP contribution in [0, 0.1) is 5.41 Å². The van der Waals surface area contributed by atoms with Crippen LogP contribution >= 0.6 is 11.8 Å². The van der Waals surface area contributed by atoms with E-state index in [4.69, 9.17) is 34.6 Å². The van der Waals surface area contributed by atoms with E-state index in [1.807, 2.05) is 93.6 Å². The van der Waals surface area contributed by atoms with E-state index in [-0.39, 0.29) is 5.97 Å². The lowest BCUT2D eigenvalue weighted by Gasteiger charge is -2.20. The molecule has 0 spiro atoms. The molecule has 0 saturated carbocycles. The average Bonchev–Trinajstić information content (AvgIpc) is 3.90. The van der Waals surface area contributed by atoms with Gasteiger partial charge in [0.05, 0.1) is 12.0 Å². The van der Waals surface area contributed by atoms with Crippen LogP contribution in [-0.4, -0.2) is 58.2 Å². The first kappa shape index (κ1) is 32.0. The van der Waals surface area contributed by atoms with Gasteiger partial charge in [0.15, 0.2) is 23.3 Å². The number of benzene rings is 4. The fourth-order valence-corrected chi connectivity index (χ4v) is 7.33. The Hall–Kier alpha value is -5.94. The van der Waals surface area contributed by atoms with Crippen LogP contribution in [0.3, 0.4) is 0 Å². The van der Waals surface area contributed by atoms with Crippen molar-refractivity contribution in [3.05, 3.63) is 91.0 Å². The Balaban J connectivity index is 1.23. The van der Waals surface area contributed by atoms with Gasteiger partial charge in [0.2, 0.25) is 0 Å². The molecule has 2 aliphatic rings. The number of aromatic amines is 2. The van der Waals surface area contributed by atoms with E-state index in [9.17, 15) is 4.79 Å². The minimum absolute atomic E-state index is 0.152.